The summed E-state index contributed by atoms with van der Waals surface area (Å²) >= 11 is 1.25. The summed E-state index contributed by atoms with van der Waals surface area (Å²) in [5.41, 5.74) is 0.312. The summed E-state index contributed by atoms with van der Waals surface area (Å²) in [4.78, 5) is 38.0. The number of carbonyl (C=O) groups excluding carboxylic acids is 3. The molecule has 3 rings (SSSR count). The lowest BCUT2D eigenvalue weighted by atomic mass is 10.0. The maximum absolute atomic E-state index is 12.7. The highest BCUT2D eigenvalue weighted by molar-refractivity contribution is 7.17. The molecule has 1 aliphatic carbocycles. The van der Waals surface area contributed by atoms with Gasteiger partial charge in [-0.2, -0.15) is 0 Å². The van der Waals surface area contributed by atoms with Crippen LogP contribution in [-0.2, 0) is 19.1 Å². The van der Waals surface area contributed by atoms with Gasteiger partial charge in [-0.3, -0.25) is 4.79 Å². The molecule has 160 valence electrons. The lowest BCUT2D eigenvalue weighted by molar-refractivity contribution is -0.166. The first-order valence-electron chi connectivity index (χ1n) is 9.91. The average molecular weight is 432 g/mol. The van der Waals surface area contributed by atoms with E-state index in [1.807, 2.05) is 37.3 Å². The third kappa shape index (κ3) is 4.71. The van der Waals surface area contributed by atoms with Gasteiger partial charge in [0.15, 0.2) is 12.2 Å². The number of aliphatic hydroxyl groups is 1. The van der Waals surface area contributed by atoms with Crippen LogP contribution in [0.1, 0.15) is 47.8 Å². The predicted octanol–water partition coefficient (Wildman–Crippen LogP) is 3.69. The van der Waals surface area contributed by atoms with E-state index in [0.717, 1.165) is 23.3 Å². The second-order valence-electron chi connectivity index (χ2n) is 7.19. The first kappa shape index (κ1) is 22.0. The van der Waals surface area contributed by atoms with E-state index in [2.05, 4.69) is 5.32 Å². The van der Waals surface area contributed by atoms with E-state index in [4.69, 9.17) is 9.47 Å². The van der Waals surface area contributed by atoms with Crippen molar-refractivity contribution in [3.8, 4) is 11.1 Å². The van der Waals surface area contributed by atoms with Crippen molar-refractivity contribution in [3.63, 3.8) is 0 Å². The SMILES string of the molecule is CCOC(=O)c1c(NC(=O)COC(=O)C2(O)CCCC2)sc(C)c1-c1ccccc1. The molecule has 0 atom stereocenters. The number of rotatable bonds is 7. The summed E-state index contributed by atoms with van der Waals surface area (Å²) in [5.74, 6) is -1.90. The van der Waals surface area contributed by atoms with E-state index in [1.165, 1.54) is 11.3 Å². The Morgan fingerprint density at radius 3 is 2.43 bits per heavy atom. The van der Waals surface area contributed by atoms with Gasteiger partial charge in [0.05, 0.1) is 6.61 Å². The number of thiophene rings is 1. The van der Waals surface area contributed by atoms with Gasteiger partial charge >= 0.3 is 11.9 Å². The normalized spacial score (nSPS) is 14.9. The van der Waals surface area contributed by atoms with Gasteiger partial charge in [0.25, 0.3) is 5.91 Å². The van der Waals surface area contributed by atoms with Crippen LogP contribution in [0.3, 0.4) is 0 Å². The van der Waals surface area contributed by atoms with Crippen molar-refractivity contribution >= 4 is 34.2 Å². The zero-order valence-electron chi connectivity index (χ0n) is 17.0. The van der Waals surface area contributed by atoms with E-state index in [9.17, 15) is 19.5 Å². The second kappa shape index (κ2) is 9.40. The number of amides is 1. The Balaban J connectivity index is 1.79. The van der Waals surface area contributed by atoms with Gasteiger partial charge in [0.1, 0.15) is 10.6 Å². The highest BCUT2D eigenvalue weighted by Gasteiger charge is 2.40. The van der Waals surface area contributed by atoms with E-state index in [0.29, 0.717) is 23.4 Å². The topological polar surface area (TPSA) is 102 Å². The molecule has 2 aromatic rings. The molecule has 1 aromatic carbocycles. The van der Waals surface area contributed by atoms with Crippen LogP contribution in [0.4, 0.5) is 5.00 Å². The Morgan fingerprint density at radius 2 is 1.80 bits per heavy atom. The number of aryl methyl sites for hydroxylation is 1. The summed E-state index contributed by atoms with van der Waals surface area (Å²) in [5, 5.41) is 13.2. The molecule has 0 spiro atoms. The number of hydrogen-bond donors (Lipinski definition) is 2. The molecule has 8 heteroatoms. The Labute approximate surface area is 179 Å². The molecule has 0 saturated heterocycles. The van der Waals surface area contributed by atoms with Crippen LogP contribution < -0.4 is 5.32 Å². The smallest absolute Gasteiger partial charge is 0.341 e. The van der Waals surface area contributed by atoms with E-state index < -0.39 is 30.1 Å². The number of anilines is 1. The minimum Gasteiger partial charge on any atom is -0.462 e. The minimum absolute atomic E-state index is 0.200. The summed E-state index contributed by atoms with van der Waals surface area (Å²) in [6.45, 7) is 3.23. The maximum atomic E-state index is 12.7. The van der Waals surface area contributed by atoms with Crippen molar-refractivity contribution in [1.82, 2.24) is 0 Å². The molecule has 0 aliphatic heterocycles. The standard InChI is InChI=1S/C22H25NO6S/c1-3-28-20(25)18-17(15-9-5-4-6-10-15)14(2)30-19(18)23-16(24)13-29-21(26)22(27)11-7-8-12-22/h4-6,9-10,27H,3,7-8,11-13H2,1-2H3,(H,23,24). The second-order valence-corrected chi connectivity index (χ2v) is 8.41. The molecule has 0 radical (unpaired) electrons. The summed E-state index contributed by atoms with van der Waals surface area (Å²) in [6, 6.07) is 9.38. The highest BCUT2D eigenvalue weighted by Crippen LogP contribution is 2.40. The van der Waals surface area contributed by atoms with E-state index in [-0.39, 0.29) is 12.2 Å². The quantitative estimate of drug-likeness (QED) is 0.649. The first-order valence-corrected chi connectivity index (χ1v) is 10.7. The van der Waals surface area contributed by atoms with Crippen LogP contribution in [0.25, 0.3) is 11.1 Å². The fraction of sp³-hybridized carbons (Fsp3) is 0.409. The molecule has 2 N–H and O–H groups in total. The largest absolute Gasteiger partial charge is 0.462 e. The number of benzene rings is 1. The number of ether oxygens (including phenoxy) is 2. The minimum atomic E-state index is -1.50. The number of hydrogen-bond acceptors (Lipinski definition) is 7. The monoisotopic (exact) mass is 431 g/mol. The van der Waals surface area contributed by atoms with Crippen LogP contribution in [-0.4, -0.2) is 41.8 Å². The molecule has 0 unspecified atom stereocenters. The fourth-order valence-electron chi connectivity index (χ4n) is 3.58. The van der Waals surface area contributed by atoms with Gasteiger partial charge in [-0.15, -0.1) is 11.3 Å². The zero-order chi connectivity index (χ0) is 21.7. The van der Waals surface area contributed by atoms with E-state index in [1.54, 1.807) is 6.92 Å². The van der Waals surface area contributed by atoms with Crippen molar-refractivity contribution in [2.75, 3.05) is 18.5 Å². The van der Waals surface area contributed by atoms with Crippen molar-refractivity contribution in [3.05, 3.63) is 40.8 Å². The lowest BCUT2D eigenvalue weighted by Gasteiger charge is -2.19. The Morgan fingerprint density at radius 1 is 1.13 bits per heavy atom. The molecule has 1 aromatic heterocycles. The van der Waals surface area contributed by atoms with Crippen molar-refractivity contribution in [1.29, 1.82) is 0 Å². The maximum Gasteiger partial charge on any atom is 0.341 e. The van der Waals surface area contributed by atoms with Crippen molar-refractivity contribution in [2.24, 2.45) is 0 Å². The van der Waals surface area contributed by atoms with Gasteiger partial charge < -0.3 is 19.9 Å². The highest BCUT2D eigenvalue weighted by atomic mass is 32.1. The molecule has 1 heterocycles. The molecule has 1 saturated carbocycles. The average Bonchev–Trinajstić information content (AvgIpc) is 3.31. The van der Waals surface area contributed by atoms with Gasteiger partial charge in [-0.05, 0) is 45.1 Å². The van der Waals surface area contributed by atoms with Gasteiger partial charge in [-0.25, -0.2) is 9.59 Å². The Hall–Kier alpha value is -2.71. The van der Waals surface area contributed by atoms with Gasteiger partial charge in [0, 0.05) is 10.4 Å². The zero-order valence-corrected chi connectivity index (χ0v) is 17.8. The number of carbonyl (C=O) groups is 3. The predicted molar refractivity (Wildman–Crippen MR) is 113 cm³/mol. The van der Waals surface area contributed by atoms with Crippen molar-refractivity contribution in [2.45, 2.75) is 45.1 Å². The molecule has 1 fully saturated rings. The Bertz CT molecular complexity index is 931. The molecule has 7 nitrogen and oxygen atoms in total. The molecule has 1 amide bonds. The fourth-order valence-corrected chi connectivity index (χ4v) is 4.66. The van der Waals surface area contributed by atoms with Gasteiger partial charge in [0.2, 0.25) is 0 Å². The number of esters is 2. The van der Waals surface area contributed by atoms with Crippen LogP contribution >= 0.6 is 11.3 Å². The van der Waals surface area contributed by atoms with Crippen LogP contribution in [0.15, 0.2) is 30.3 Å². The molecule has 1 aliphatic rings. The summed E-state index contributed by atoms with van der Waals surface area (Å²) in [6.07, 6.45) is 2.17. The lowest BCUT2D eigenvalue weighted by Crippen LogP contribution is -2.38. The van der Waals surface area contributed by atoms with Crippen molar-refractivity contribution < 1.29 is 29.0 Å². The third-order valence-corrected chi connectivity index (χ3v) is 6.04. The van der Waals surface area contributed by atoms with E-state index >= 15 is 0 Å². The molecular weight excluding hydrogens is 406 g/mol. The summed E-state index contributed by atoms with van der Waals surface area (Å²) < 4.78 is 10.2. The van der Waals surface area contributed by atoms with Crippen LogP contribution in [0.5, 0.6) is 0 Å². The van der Waals surface area contributed by atoms with Gasteiger partial charge in [-0.1, -0.05) is 30.3 Å². The number of nitrogens with one attached hydrogen (secondary N) is 1. The molecular formula is C22H25NO6S. The molecule has 30 heavy (non-hydrogen) atoms. The van der Waals surface area contributed by atoms with Crippen LogP contribution in [0.2, 0.25) is 0 Å². The summed E-state index contributed by atoms with van der Waals surface area (Å²) in [7, 11) is 0. The Kier molecular flexibility index (Phi) is 6.89. The third-order valence-electron chi connectivity index (χ3n) is 5.02. The molecule has 0 bridgehead atoms. The van der Waals surface area contributed by atoms with Crippen LogP contribution in [0, 0.1) is 6.92 Å². The first-order chi connectivity index (χ1) is 14.4.